The van der Waals surface area contributed by atoms with Crippen LogP contribution in [0.25, 0.3) is 0 Å². The molecular weight excluding hydrogens is 214 g/mol. The number of amidine groups is 1. The number of aromatic nitrogens is 1. The molecule has 54 valence electrons. The second-order valence-corrected chi connectivity index (χ2v) is 4.25. The summed E-state index contributed by atoms with van der Waals surface area (Å²) < 4.78 is 0.976. The number of thiazole rings is 1. The normalized spacial score (nSPS) is 9.70. The van der Waals surface area contributed by atoms with Gasteiger partial charge in [0.2, 0.25) is 0 Å². The van der Waals surface area contributed by atoms with Crippen LogP contribution in [0.1, 0.15) is 5.01 Å². The molecule has 0 aliphatic rings. The standard InChI is InChI=1S/C5H6BrN3S/c6-3-2-9-5(10-3)1-4(7)8/h2H,1H2,(H3,7,8). The van der Waals surface area contributed by atoms with Crippen molar-refractivity contribution in [1.82, 2.24) is 4.98 Å². The fourth-order valence-electron chi connectivity index (χ4n) is 0.533. The maximum atomic E-state index is 6.97. The highest BCUT2D eigenvalue weighted by molar-refractivity contribution is 9.11. The van der Waals surface area contributed by atoms with Crippen molar-refractivity contribution in [2.24, 2.45) is 5.73 Å². The molecule has 0 aliphatic carbocycles. The van der Waals surface area contributed by atoms with Crippen molar-refractivity contribution in [2.75, 3.05) is 0 Å². The zero-order valence-electron chi connectivity index (χ0n) is 5.10. The molecule has 10 heavy (non-hydrogen) atoms. The van der Waals surface area contributed by atoms with Gasteiger partial charge in [-0.2, -0.15) is 0 Å². The lowest BCUT2D eigenvalue weighted by Crippen LogP contribution is -2.12. The van der Waals surface area contributed by atoms with Crippen LogP contribution >= 0.6 is 27.3 Å². The minimum Gasteiger partial charge on any atom is -0.387 e. The summed E-state index contributed by atoms with van der Waals surface area (Å²) in [6, 6.07) is 0. The fourth-order valence-corrected chi connectivity index (χ4v) is 1.86. The van der Waals surface area contributed by atoms with Gasteiger partial charge >= 0.3 is 0 Å². The van der Waals surface area contributed by atoms with Crippen LogP contribution in [0.2, 0.25) is 0 Å². The van der Waals surface area contributed by atoms with Gasteiger partial charge in [0.05, 0.1) is 22.2 Å². The van der Waals surface area contributed by atoms with E-state index in [1.54, 1.807) is 6.20 Å². The van der Waals surface area contributed by atoms with Crippen molar-refractivity contribution in [3.05, 3.63) is 15.0 Å². The molecule has 1 aromatic rings. The molecule has 0 bridgehead atoms. The average molecular weight is 220 g/mol. The molecule has 0 saturated carbocycles. The van der Waals surface area contributed by atoms with Gasteiger partial charge in [-0.15, -0.1) is 11.3 Å². The van der Waals surface area contributed by atoms with E-state index in [1.807, 2.05) is 0 Å². The SMILES string of the molecule is N=C(N)Cc1ncc(Br)s1. The van der Waals surface area contributed by atoms with Gasteiger partial charge in [0.15, 0.2) is 0 Å². The fraction of sp³-hybridized carbons (Fsp3) is 0.200. The number of nitrogens with one attached hydrogen (secondary N) is 1. The second kappa shape index (κ2) is 3.12. The first-order chi connectivity index (χ1) is 4.68. The highest BCUT2D eigenvalue weighted by atomic mass is 79.9. The zero-order chi connectivity index (χ0) is 7.56. The third kappa shape index (κ3) is 2.07. The number of hydrogen-bond acceptors (Lipinski definition) is 3. The Kier molecular flexibility index (Phi) is 2.39. The number of nitrogens with two attached hydrogens (primary N) is 1. The van der Waals surface area contributed by atoms with Crippen molar-refractivity contribution in [2.45, 2.75) is 6.42 Å². The zero-order valence-corrected chi connectivity index (χ0v) is 7.50. The molecule has 0 spiro atoms. The Morgan fingerprint density at radius 3 is 3.00 bits per heavy atom. The number of halogens is 1. The molecular formula is C5H6BrN3S. The maximum Gasteiger partial charge on any atom is 0.101 e. The van der Waals surface area contributed by atoms with E-state index in [-0.39, 0.29) is 5.84 Å². The Balaban J connectivity index is 2.67. The van der Waals surface area contributed by atoms with E-state index in [4.69, 9.17) is 11.1 Å². The first kappa shape index (κ1) is 7.68. The Labute approximate surface area is 70.9 Å². The van der Waals surface area contributed by atoms with Gasteiger partial charge in [-0.05, 0) is 15.9 Å². The molecule has 5 heteroatoms. The van der Waals surface area contributed by atoms with Crippen molar-refractivity contribution in [1.29, 1.82) is 5.41 Å². The molecule has 0 radical (unpaired) electrons. The third-order valence-electron chi connectivity index (χ3n) is 0.867. The molecule has 1 heterocycles. The quantitative estimate of drug-likeness (QED) is 0.584. The monoisotopic (exact) mass is 219 g/mol. The lowest BCUT2D eigenvalue weighted by Gasteiger charge is -1.89. The topological polar surface area (TPSA) is 62.8 Å². The van der Waals surface area contributed by atoms with Gasteiger partial charge in [0, 0.05) is 0 Å². The number of hydrogen-bond donors (Lipinski definition) is 2. The molecule has 1 rings (SSSR count). The van der Waals surface area contributed by atoms with Crippen molar-refractivity contribution < 1.29 is 0 Å². The van der Waals surface area contributed by atoms with Crippen molar-refractivity contribution >= 4 is 33.1 Å². The van der Waals surface area contributed by atoms with Crippen molar-refractivity contribution in [3.63, 3.8) is 0 Å². The molecule has 0 atom stereocenters. The summed E-state index contributed by atoms with van der Waals surface area (Å²) in [4.78, 5) is 4.01. The Bertz CT molecular complexity index is 245. The molecule has 0 aromatic carbocycles. The average Bonchev–Trinajstić information content (AvgIpc) is 2.13. The molecule has 0 unspecified atom stereocenters. The second-order valence-electron chi connectivity index (χ2n) is 1.76. The lowest BCUT2D eigenvalue weighted by atomic mass is 10.4. The molecule has 0 saturated heterocycles. The number of nitrogens with zero attached hydrogens (tertiary/aromatic N) is 1. The molecule has 1 aromatic heterocycles. The van der Waals surface area contributed by atoms with Gasteiger partial charge in [-0.3, -0.25) is 5.41 Å². The van der Waals surface area contributed by atoms with Crippen LogP contribution in [0.15, 0.2) is 9.98 Å². The van der Waals surface area contributed by atoms with Crippen LogP contribution in [0.5, 0.6) is 0 Å². The highest BCUT2D eigenvalue weighted by Gasteiger charge is 1.99. The van der Waals surface area contributed by atoms with E-state index < -0.39 is 0 Å². The molecule has 0 fully saturated rings. The van der Waals surface area contributed by atoms with Gasteiger partial charge < -0.3 is 5.73 Å². The van der Waals surface area contributed by atoms with Gasteiger partial charge in [-0.25, -0.2) is 4.98 Å². The van der Waals surface area contributed by atoms with E-state index in [0.717, 1.165) is 8.79 Å². The lowest BCUT2D eigenvalue weighted by molar-refractivity contribution is 1.18. The van der Waals surface area contributed by atoms with Crippen LogP contribution in [-0.2, 0) is 6.42 Å². The minimum atomic E-state index is 0.154. The Hall–Kier alpha value is -0.420. The van der Waals surface area contributed by atoms with Crippen LogP contribution in [0, 0.1) is 5.41 Å². The highest BCUT2D eigenvalue weighted by Crippen LogP contribution is 2.18. The smallest absolute Gasteiger partial charge is 0.101 e. The molecule has 3 nitrogen and oxygen atoms in total. The summed E-state index contributed by atoms with van der Waals surface area (Å²) >= 11 is 4.77. The minimum absolute atomic E-state index is 0.154. The van der Waals surface area contributed by atoms with Crippen LogP contribution in [-0.4, -0.2) is 10.8 Å². The number of rotatable bonds is 2. The molecule has 0 aliphatic heterocycles. The van der Waals surface area contributed by atoms with Crippen molar-refractivity contribution in [3.8, 4) is 0 Å². The summed E-state index contributed by atoms with van der Waals surface area (Å²) in [7, 11) is 0. The summed E-state index contributed by atoms with van der Waals surface area (Å²) in [5.74, 6) is 0.154. The summed E-state index contributed by atoms with van der Waals surface area (Å²) in [6.07, 6.45) is 2.17. The van der Waals surface area contributed by atoms with Gasteiger partial charge in [0.1, 0.15) is 5.01 Å². The van der Waals surface area contributed by atoms with E-state index in [9.17, 15) is 0 Å². The van der Waals surface area contributed by atoms with Crippen LogP contribution < -0.4 is 5.73 Å². The van der Waals surface area contributed by atoms with E-state index in [2.05, 4.69) is 20.9 Å². The van der Waals surface area contributed by atoms with Crippen LogP contribution in [0.4, 0.5) is 0 Å². The van der Waals surface area contributed by atoms with E-state index >= 15 is 0 Å². The van der Waals surface area contributed by atoms with Gasteiger partial charge in [-0.1, -0.05) is 0 Å². The van der Waals surface area contributed by atoms with Crippen LogP contribution in [0.3, 0.4) is 0 Å². The summed E-state index contributed by atoms with van der Waals surface area (Å²) in [5, 5.41) is 7.84. The largest absolute Gasteiger partial charge is 0.387 e. The van der Waals surface area contributed by atoms with E-state index in [1.165, 1.54) is 11.3 Å². The summed E-state index contributed by atoms with van der Waals surface area (Å²) in [5.41, 5.74) is 5.17. The first-order valence-electron chi connectivity index (χ1n) is 2.61. The Morgan fingerprint density at radius 1 is 1.90 bits per heavy atom. The molecule has 3 N–H and O–H groups in total. The van der Waals surface area contributed by atoms with Gasteiger partial charge in [0.25, 0.3) is 0 Å². The molecule has 0 amide bonds. The third-order valence-corrected chi connectivity index (χ3v) is 2.34. The predicted octanol–water partition coefficient (Wildman–Crippen LogP) is 1.38. The Morgan fingerprint density at radius 2 is 2.60 bits per heavy atom. The summed E-state index contributed by atoms with van der Waals surface area (Å²) in [6.45, 7) is 0. The van der Waals surface area contributed by atoms with E-state index in [0.29, 0.717) is 6.42 Å². The first-order valence-corrected chi connectivity index (χ1v) is 4.22. The maximum absolute atomic E-state index is 6.97. The predicted molar refractivity (Wildman–Crippen MR) is 45.4 cm³/mol.